The third kappa shape index (κ3) is 3.12. The van der Waals surface area contributed by atoms with Crippen molar-refractivity contribution in [1.82, 2.24) is 0 Å². The van der Waals surface area contributed by atoms with E-state index >= 15 is 0 Å². The molecule has 0 aromatic heterocycles. The zero-order valence-electron chi connectivity index (χ0n) is 10.4. The topological polar surface area (TPSA) is 59.6 Å². The number of hydrogen-bond acceptors (Lipinski definition) is 3. The number of nitrogens with one attached hydrogen (secondary N) is 1. The highest BCUT2D eigenvalue weighted by atomic mass is 14.9. The van der Waals surface area contributed by atoms with Gasteiger partial charge in [0, 0.05) is 6.54 Å². The molecule has 0 aliphatic carbocycles. The Kier molecular flexibility index (Phi) is 4.16. The second kappa shape index (κ2) is 6.23. The third-order valence-corrected chi connectivity index (χ3v) is 2.90. The number of nitrogens with zero attached hydrogens (tertiary/aromatic N) is 2. The molecule has 2 rings (SSSR count). The molecule has 92 valence electrons. The molecular weight excluding hydrogens is 234 g/mol. The fourth-order valence-corrected chi connectivity index (χ4v) is 1.87. The molecule has 0 spiro atoms. The smallest absolute Gasteiger partial charge is 0.101 e. The maximum atomic E-state index is 9.23. The van der Waals surface area contributed by atoms with Crippen molar-refractivity contribution in [2.24, 2.45) is 0 Å². The Labute approximate surface area is 112 Å². The van der Waals surface area contributed by atoms with Crippen LogP contribution in [0.5, 0.6) is 0 Å². The quantitative estimate of drug-likeness (QED) is 0.901. The minimum atomic E-state index is -0.229. The van der Waals surface area contributed by atoms with Gasteiger partial charge in [-0.2, -0.15) is 10.5 Å². The maximum Gasteiger partial charge on any atom is 0.101 e. The first-order valence-electron chi connectivity index (χ1n) is 6.02. The zero-order valence-corrected chi connectivity index (χ0v) is 10.4. The third-order valence-electron chi connectivity index (χ3n) is 2.90. The van der Waals surface area contributed by atoms with Crippen molar-refractivity contribution in [3.8, 4) is 12.1 Å². The highest BCUT2D eigenvalue weighted by Gasteiger charge is 2.10. The van der Waals surface area contributed by atoms with Gasteiger partial charge in [-0.15, -0.1) is 0 Å². The summed E-state index contributed by atoms with van der Waals surface area (Å²) in [4.78, 5) is 0. The van der Waals surface area contributed by atoms with Gasteiger partial charge in [-0.25, -0.2) is 0 Å². The average Bonchev–Trinajstić information content (AvgIpc) is 2.49. The van der Waals surface area contributed by atoms with Gasteiger partial charge in [0.05, 0.1) is 23.2 Å². The zero-order chi connectivity index (χ0) is 13.5. The fraction of sp³-hybridized carbons (Fsp3) is 0.125. The number of anilines is 1. The van der Waals surface area contributed by atoms with Crippen molar-refractivity contribution >= 4 is 5.69 Å². The van der Waals surface area contributed by atoms with Gasteiger partial charge >= 0.3 is 0 Å². The van der Waals surface area contributed by atoms with Gasteiger partial charge in [0.25, 0.3) is 0 Å². The normalized spacial score (nSPS) is 11.1. The van der Waals surface area contributed by atoms with E-state index in [9.17, 15) is 5.26 Å². The van der Waals surface area contributed by atoms with Crippen LogP contribution in [0.2, 0.25) is 0 Å². The largest absolute Gasteiger partial charge is 0.382 e. The predicted molar refractivity (Wildman–Crippen MR) is 74.4 cm³/mol. The first kappa shape index (κ1) is 12.7. The van der Waals surface area contributed by atoms with Crippen molar-refractivity contribution in [2.75, 3.05) is 11.9 Å². The Morgan fingerprint density at radius 1 is 0.947 bits per heavy atom. The van der Waals surface area contributed by atoms with Gasteiger partial charge in [-0.3, -0.25) is 0 Å². The van der Waals surface area contributed by atoms with Gasteiger partial charge in [0.1, 0.15) is 6.07 Å². The summed E-state index contributed by atoms with van der Waals surface area (Å²) < 4.78 is 0. The molecule has 0 saturated heterocycles. The van der Waals surface area contributed by atoms with Gasteiger partial charge in [-0.1, -0.05) is 42.5 Å². The van der Waals surface area contributed by atoms with E-state index in [4.69, 9.17) is 5.26 Å². The van der Waals surface area contributed by atoms with Crippen LogP contribution in [-0.2, 0) is 0 Å². The second-order valence-electron chi connectivity index (χ2n) is 4.13. The Morgan fingerprint density at radius 2 is 1.63 bits per heavy atom. The molecule has 0 fully saturated rings. The summed E-state index contributed by atoms with van der Waals surface area (Å²) >= 11 is 0. The average molecular weight is 247 g/mol. The molecule has 1 atom stereocenters. The molecular formula is C16H13N3. The molecule has 0 heterocycles. The summed E-state index contributed by atoms with van der Waals surface area (Å²) in [5.41, 5.74) is 2.33. The SMILES string of the molecule is N#Cc1ccccc1NCC(C#N)c1ccccc1. The monoisotopic (exact) mass is 247 g/mol. The predicted octanol–water partition coefficient (Wildman–Crippen LogP) is 3.28. The van der Waals surface area contributed by atoms with Crippen molar-refractivity contribution in [3.63, 3.8) is 0 Å². The van der Waals surface area contributed by atoms with Gasteiger partial charge in [-0.05, 0) is 17.7 Å². The number of nitriles is 2. The minimum absolute atomic E-state index is 0.229. The lowest BCUT2D eigenvalue weighted by molar-refractivity contribution is 0.900. The molecule has 0 amide bonds. The van der Waals surface area contributed by atoms with Crippen molar-refractivity contribution < 1.29 is 0 Å². The summed E-state index contributed by atoms with van der Waals surface area (Å²) in [6.07, 6.45) is 0. The number of para-hydroxylation sites is 1. The summed E-state index contributed by atoms with van der Waals surface area (Å²) in [5.74, 6) is -0.229. The highest BCUT2D eigenvalue weighted by Crippen LogP contribution is 2.18. The molecule has 1 N–H and O–H groups in total. The van der Waals surface area contributed by atoms with Crippen LogP contribution in [0.4, 0.5) is 5.69 Å². The van der Waals surface area contributed by atoms with Crippen LogP contribution in [0.15, 0.2) is 54.6 Å². The van der Waals surface area contributed by atoms with Crippen LogP contribution in [0, 0.1) is 22.7 Å². The molecule has 0 aliphatic rings. The minimum Gasteiger partial charge on any atom is -0.382 e. The summed E-state index contributed by atoms with van der Waals surface area (Å²) in [5, 5.41) is 21.4. The molecule has 2 aromatic carbocycles. The van der Waals surface area contributed by atoms with E-state index in [0.717, 1.165) is 11.3 Å². The van der Waals surface area contributed by atoms with Gasteiger partial charge < -0.3 is 5.32 Å². The Morgan fingerprint density at radius 3 is 2.32 bits per heavy atom. The summed E-state index contributed by atoms with van der Waals surface area (Å²) in [7, 11) is 0. The van der Waals surface area contributed by atoms with Crippen molar-refractivity contribution in [3.05, 3.63) is 65.7 Å². The Bertz CT molecular complexity index is 620. The van der Waals surface area contributed by atoms with Crippen LogP contribution in [-0.4, -0.2) is 6.54 Å². The standard InChI is InChI=1S/C16H13N3/c17-10-14-8-4-5-9-16(14)19-12-15(11-18)13-6-2-1-3-7-13/h1-9,15,19H,12H2. The van der Waals surface area contributed by atoms with E-state index in [1.54, 1.807) is 6.07 Å². The highest BCUT2D eigenvalue weighted by molar-refractivity contribution is 5.57. The van der Waals surface area contributed by atoms with Crippen molar-refractivity contribution in [2.45, 2.75) is 5.92 Å². The first-order chi connectivity index (χ1) is 9.35. The molecule has 0 bridgehead atoms. The van der Waals surface area contributed by atoms with Crippen LogP contribution in [0.25, 0.3) is 0 Å². The van der Waals surface area contributed by atoms with Gasteiger partial charge in [0.15, 0.2) is 0 Å². The van der Waals surface area contributed by atoms with Crippen LogP contribution < -0.4 is 5.32 Å². The van der Waals surface area contributed by atoms with E-state index in [2.05, 4.69) is 17.5 Å². The lowest BCUT2D eigenvalue weighted by atomic mass is 10.0. The number of hydrogen-bond donors (Lipinski definition) is 1. The fourth-order valence-electron chi connectivity index (χ4n) is 1.87. The van der Waals surface area contributed by atoms with Crippen molar-refractivity contribution in [1.29, 1.82) is 10.5 Å². The first-order valence-corrected chi connectivity index (χ1v) is 6.02. The van der Waals surface area contributed by atoms with E-state index < -0.39 is 0 Å². The van der Waals surface area contributed by atoms with Crippen LogP contribution in [0.1, 0.15) is 17.0 Å². The lowest BCUT2D eigenvalue weighted by Gasteiger charge is -2.12. The van der Waals surface area contributed by atoms with E-state index in [0.29, 0.717) is 12.1 Å². The Hall–Kier alpha value is -2.78. The molecule has 0 saturated carbocycles. The van der Waals surface area contributed by atoms with Crippen LogP contribution >= 0.6 is 0 Å². The molecule has 3 heteroatoms. The summed E-state index contributed by atoms with van der Waals surface area (Å²) in [6, 6.07) is 21.3. The number of benzene rings is 2. The van der Waals surface area contributed by atoms with E-state index in [1.807, 2.05) is 48.5 Å². The molecule has 0 radical (unpaired) electrons. The molecule has 19 heavy (non-hydrogen) atoms. The maximum absolute atomic E-state index is 9.23. The van der Waals surface area contributed by atoms with E-state index in [1.165, 1.54) is 0 Å². The second-order valence-corrected chi connectivity index (χ2v) is 4.13. The summed E-state index contributed by atoms with van der Waals surface area (Å²) in [6.45, 7) is 0.485. The van der Waals surface area contributed by atoms with Crippen LogP contribution in [0.3, 0.4) is 0 Å². The molecule has 0 aliphatic heterocycles. The van der Waals surface area contributed by atoms with Gasteiger partial charge in [0.2, 0.25) is 0 Å². The number of rotatable bonds is 4. The van der Waals surface area contributed by atoms with E-state index in [-0.39, 0.29) is 5.92 Å². The lowest BCUT2D eigenvalue weighted by Crippen LogP contribution is -2.11. The molecule has 2 aromatic rings. The molecule has 1 unspecified atom stereocenters. The Balaban J connectivity index is 2.10. The molecule has 3 nitrogen and oxygen atoms in total.